The van der Waals surface area contributed by atoms with E-state index in [-0.39, 0.29) is 0 Å². The molecule has 0 unspecified atom stereocenters. The zero-order valence-corrected chi connectivity index (χ0v) is 11.7. The van der Waals surface area contributed by atoms with Crippen molar-refractivity contribution in [2.75, 3.05) is 18.5 Å². The van der Waals surface area contributed by atoms with Crippen molar-refractivity contribution in [3.8, 4) is 0 Å². The van der Waals surface area contributed by atoms with Crippen molar-refractivity contribution in [1.82, 2.24) is 5.32 Å². The standard InChI is InChI=1S/C17H19N3/c1-18-17(19-13-14-7-3-2-4-8-14)20-12-11-15-9-5-6-10-16(15)20/h2-10H,11-13H2,1H3,(H,18,19). The molecule has 102 valence electrons. The van der Waals surface area contributed by atoms with E-state index in [0.717, 1.165) is 25.5 Å². The summed E-state index contributed by atoms with van der Waals surface area (Å²) in [5, 5.41) is 3.44. The number of fused-ring (bicyclic) bond motifs is 1. The highest BCUT2D eigenvalue weighted by molar-refractivity contribution is 5.97. The number of nitrogens with zero attached hydrogens (tertiary/aromatic N) is 2. The van der Waals surface area contributed by atoms with E-state index >= 15 is 0 Å². The van der Waals surface area contributed by atoms with Gasteiger partial charge in [0, 0.05) is 25.8 Å². The summed E-state index contributed by atoms with van der Waals surface area (Å²) < 4.78 is 0. The van der Waals surface area contributed by atoms with Crippen LogP contribution in [0.2, 0.25) is 0 Å². The Morgan fingerprint density at radius 1 is 1.10 bits per heavy atom. The van der Waals surface area contributed by atoms with Crippen LogP contribution in [-0.4, -0.2) is 19.6 Å². The predicted octanol–water partition coefficient (Wildman–Crippen LogP) is 2.82. The lowest BCUT2D eigenvalue weighted by Crippen LogP contribution is -2.40. The van der Waals surface area contributed by atoms with Gasteiger partial charge in [-0.1, -0.05) is 48.5 Å². The molecule has 0 spiro atoms. The third-order valence-electron chi connectivity index (χ3n) is 3.65. The first-order valence-corrected chi connectivity index (χ1v) is 6.98. The summed E-state index contributed by atoms with van der Waals surface area (Å²) in [6.45, 7) is 1.79. The lowest BCUT2D eigenvalue weighted by atomic mass is 10.2. The first-order valence-electron chi connectivity index (χ1n) is 6.98. The van der Waals surface area contributed by atoms with Gasteiger partial charge in [0.25, 0.3) is 0 Å². The lowest BCUT2D eigenvalue weighted by Gasteiger charge is -2.22. The second-order valence-electron chi connectivity index (χ2n) is 4.92. The molecule has 2 aromatic carbocycles. The summed E-state index contributed by atoms with van der Waals surface area (Å²) in [7, 11) is 1.84. The summed E-state index contributed by atoms with van der Waals surface area (Å²) in [6.07, 6.45) is 1.09. The van der Waals surface area contributed by atoms with Crippen molar-refractivity contribution >= 4 is 11.6 Å². The Morgan fingerprint density at radius 2 is 1.85 bits per heavy atom. The molecule has 0 saturated heterocycles. The van der Waals surface area contributed by atoms with Crippen LogP contribution in [-0.2, 0) is 13.0 Å². The molecule has 3 nitrogen and oxygen atoms in total. The van der Waals surface area contributed by atoms with Gasteiger partial charge in [0.05, 0.1) is 0 Å². The molecule has 0 aromatic heterocycles. The van der Waals surface area contributed by atoms with Crippen LogP contribution < -0.4 is 10.2 Å². The Kier molecular flexibility index (Phi) is 3.68. The van der Waals surface area contributed by atoms with Crippen molar-refractivity contribution in [2.24, 2.45) is 4.99 Å². The van der Waals surface area contributed by atoms with Gasteiger partial charge in [0.15, 0.2) is 5.96 Å². The van der Waals surface area contributed by atoms with Crippen molar-refractivity contribution < 1.29 is 0 Å². The molecule has 0 radical (unpaired) electrons. The van der Waals surface area contributed by atoms with Crippen LogP contribution >= 0.6 is 0 Å². The number of benzene rings is 2. The van der Waals surface area contributed by atoms with E-state index in [4.69, 9.17) is 0 Å². The van der Waals surface area contributed by atoms with Gasteiger partial charge in [-0.2, -0.15) is 0 Å². The Morgan fingerprint density at radius 3 is 2.65 bits per heavy atom. The summed E-state index contributed by atoms with van der Waals surface area (Å²) in [4.78, 5) is 6.68. The van der Waals surface area contributed by atoms with Gasteiger partial charge in [-0.05, 0) is 23.6 Å². The largest absolute Gasteiger partial charge is 0.352 e. The molecular formula is C17H19N3. The maximum Gasteiger partial charge on any atom is 0.198 e. The molecule has 3 rings (SSSR count). The Balaban J connectivity index is 1.73. The average molecular weight is 265 g/mol. The van der Waals surface area contributed by atoms with Gasteiger partial charge in [-0.3, -0.25) is 4.99 Å². The number of hydrogen-bond donors (Lipinski definition) is 1. The average Bonchev–Trinajstić information content (AvgIpc) is 2.93. The fourth-order valence-corrected chi connectivity index (χ4v) is 2.63. The van der Waals surface area contributed by atoms with Crippen molar-refractivity contribution in [3.05, 3.63) is 65.7 Å². The van der Waals surface area contributed by atoms with Crippen LogP contribution in [0.3, 0.4) is 0 Å². The summed E-state index contributed by atoms with van der Waals surface area (Å²) in [5.41, 5.74) is 3.94. The van der Waals surface area contributed by atoms with E-state index in [1.165, 1.54) is 16.8 Å². The molecule has 0 aliphatic carbocycles. The normalized spacial score (nSPS) is 14.2. The molecule has 0 bridgehead atoms. The monoisotopic (exact) mass is 265 g/mol. The molecule has 1 aliphatic heterocycles. The molecule has 0 fully saturated rings. The van der Waals surface area contributed by atoms with E-state index in [9.17, 15) is 0 Å². The Labute approximate surface area is 120 Å². The number of aliphatic imine (C=N–C) groups is 1. The summed E-state index contributed by atoms with van der Waals surface area (Å²) in [6, 6.07) is 18.9. The zero-order valence-electron chi connectivity index (χ0n) is 11.7. The molecule has 0 saturated carbocycles. The minimum Gasteiger partial charge on any atom is -0.352 e. The number of hydrogen-bond acceptors (Lipinski definition) is 1. The van der Waals surface area contributed by atoms with Crippen LogP contribution in [0.15, 0.2) is 59.6 Å². The fraction of sp³-hybridized carbons (Fsp3) is 0.235. The summed E-state index contributed by atoms with van der Waals surface area (Å²) in [5.74, 6) is 0.943. The number of rotatable bonds is 2. The van der Waals surface area contributed by atoms with Gasteiger partial charge in [0.2, 0.25) is 0 Å². The topological polar surface area (TPSA) is 27.6 Å². The van der Waals surface area contributed by atoms with Gasteiger partial charge in [-0.25, -0.2) is 0 Å². The third kappa shape index (κ3) is 2.52. The van der Waals surface area contributed by atoms with Crippen LogP contribution in [0.5, 0.6) is 0 Å². The predicted molar refractivity (Wildman–Crippen MR) is 84.1 cm³/mol. The van der Waals surface area contributed by atoms with Crippen molar-refractivity contribution in [3.63, 3.8) is 0 Å². The number of guanidine groups is 1. The molecule has 2 aromatic rings. The van der Waals surface area contributed by atoms with E-state index < -0.39 is 0 Å². The molecule has 0 atom stereocenters. The lowest BCUT2D eigenvalue weighted by molar-refractivity contribution is 0.867. The highest BCUT2D eigenvalue weighted by atomic mass is 15.3. The first kappa shape index (κ1) is 12.7. The molecule has 0 amide bonds. The minimum atomic E-state index is 0.798. The maximum absolute atomic E-state index is 4.42. The van der Waals surface area contributed by atoms with Gasteiger partial charge >= 0.3 is 0 Å². The van der Waals surface area contributed by atoms with Crippen LogP contribution in [0.4, 0.5) is 5.69 Å². The van der Waals surface area contributed by atoms with E-state index in [1.807, 2.05) is 13.1 Å². The third-order valence-corrected chi connectivity index (χ3v) is 3.65. The SMILES string of the molecule is CN=C(NCc1ccccc1)N1CCc2ccccc21. The minimum absolute atomic E-state index is 0.798. The fourth-order valence-electron chi connectivity index (χ4n) is 2.63. The van der Waals surface area contributed by atoms with E-state index in [0.29, 0.717) is 0 Å². The van der Waals surface area contributed by atoms with Crippen molar-refractivity contribution in [1.29, 1.82) is 0 Å². The second kappa shape index (κ2) is 5.78. The van der Waals surface area contributed by atoms with Gasteiger partial charge < -0.3 is 10.2 Å². The highest BCUT2D eigenvalue weighted by Gasteiger charge is 2.21. The molecular weight excluding hydrogens is 246 g/mol. The van der Waals surface area contributed by atoms with Crippen LogP contribution in [0, 0.1) is 0 Å². The van der Waals surface area contributed by atoms with Gasteiger partial charge in [-0.15, -0.1) is 0 Å². The molecule has 20 heavy (non-hydrogen) atoms. The quantitative estimate of drug-likeness (QED) is 0.668. The maximum atomic E-state index is 4.42. The van der Waals surface area contributed by atoms with Gasteiger partial charge in [0.1, 0.15) is 0 Å². The first-order chi connectivity index (χ1) is 9.88. The second-order valence-corrected chi connectivity index (χ2v) is 4.92. The number of para-hydroxylation sites is 1. The Hall–Kier alpha value is -2.29. The highest BCUT2D eigenvalue weighted by Crippen LogP contribution is 2.27. The van der Waals surface area contributed by atoms with E-state index in [1.54, 1.807) is 0 Å². The van der Waals surface area contributed by atoms with E-state index in [2.05, 4.69) is 63.7 Å². The molecule has 3 heteroatoms. The van der Waals surface area contributed by atoms with Crippen LogP contribution in [0.25, 0.3) is 0 Å². The van der Waals surface area contributed by atoms with Crippen molar-refractivity contribution in [2.45, 2.75) is 13.0 Å². The Bertz CT molecular complexity index is 605. The zero-order chi connectivity index (χ0) is 13.8. The molecule has 1 aliphatic rings. The molecule has 1 N–H and O–H groups in total. The number of anilines is 1. The number of nitrogens with one attached hydrogen (secondary N) is 1. The molecule has 1 heterocycles. The smallest absolute Gasteiger partial charge is 0.198 e. The van der Waals surface area contributed by atoms with Crippen LogP contribution in [0.1, 0.15) is 11.1 Å². The summed E-state index contributed by atoms with van der Waals surface area (Å²) >= 11 is 0.